The molecular formula is C15H15ClFNO2. The van der Waals surface area contributed by atoms with Crippen molar-refractivity contribution in [3.05, 3.63) is 54.3 Å². The zero-order valence-electron chi connectivity index (χ0n) is 10.7. The van der Waals surface area contributed by atoms with Crippen LogP contribution in [-0.4, -0.2) is 23.6 Å². The van der Waals surface area contributed by atoms with Crippen molar-refractivity contribution in [2.75, 3.05) is 17.7 Å². The van der Waals surface area contributed by atoms with Gasteiger partial charge < -0.3 is 15.2 Å². The van der Waals surface area contributed by atoms with E-state index in [9.17, 15) is 9.50 Å². The van der Waals surface area contributed by atoms with Gasteiger partial charge in [0.05, 0.1) is 12.0 Å². The predicted octanol–water partition coefficient (Wildman–Crippen LogP) is 3.63. The highest BCUT2D eigenvalue weighted by Gasteiger charge is 2.03. The molecule has 0 aromatic heterocycles. The number of ether oxygens (including phenoxy) is 1. The lowest BCUT2D eigenvalue weighted by molar-refractivity contribution is 0.211. The highest BCUT2D eigenvalue weighted by Crippen LogP contribution is 2.24. The van der Waals surface area contributed by atoms with Crippen LogP contribution in [0.3, 0.4) is 0 Å². The smallest absolute Gasteiger partial charge is 0.129 e. The van der Waals surface area contributed by atoms with E-state index in [1.54, 1.807) is 24.3 Å². The Morgan fingerprint density at radius 2 is 1.90 bits per heavy atom. The molecule has 0 saturated heterocycles. The van der Waals surface area contributed by atoms with Crippen LogP contribution in [0.2, 0.25) is 0 Å². The molecule has 0 spiro atoms. The van der Waals surface area contributed by atoms with Crippen LogP contribution in [0.25, 0.3) is 0 Å². The summed E-state index contributed by atoms with van der Waals surface area (Å²) in [6.07, 6.45) is -0.599. The van der Waals surface area contributed by atoms with E-state index in [1.165, 1.54) is 12.1 Å². The molecule has 0 aliphatic carbocycles. The molecule has 0 heterocycles. The summed E-state index contributed by atoms with van der Waals surface area (Å²) in [6, 6.07) is 13.1. The van der Waals surface area contributed by atoms with Crippen molar-refractivity contribution in [1.82, 2.24) is 0 Å². The van der Waals surface area contributed by atoms with Crippen molar-refractivity contribution >= 4 is 17.3 Å². The Bertz CT molecular complexity index is 548. The summed E-state index contributed by atoms with van der Waals surface area (Å²) in [5.74, 6) is 1.06. The number of hydrogen-bond donors (Lipinski definition) is 2. The first-order valence-corrected chi connectivity index (χ1v) is 6.72. The van der Waals surface area contributed by atoms with Gasteiger partial charge in [0.2, 0.25) is 0 Å². The number of rotatable bonds is 6. The van der Waals surface area contributed by atoms with E-state index >= 15 is 0 Å². The molecule has 2 aromatic carbocycles. The molecule has 2 N–H and O–H groups in total. The molecule has 106 valence electrons. The van der Waals surface area contributed by atoms with Gasteiger partial charge in [0.1, 0.15) is 17.3 Å². The molecule has 0 amide bonds. The SMILES string of the molecule is OC(CCl)CNc1cccc(Oc2ccc(F)cc2)c1. The zero-order chi connectivity index (χ0) is 14.4. The van der Waals surface area contributed by atoms with Crippen LogP contribution in [0.4, 0.5) is 10.1 Å². The molecule has 2 aromatic rings. The standard InChI is InChI=1S/C15H15ClFNO2/c16-9-13(19)10-18-12-2-1-3-15(8-12)20-14-6-4-11(17)5-7-14/h1-8,13,18-19H,9-10H2. The fraction of sp³-hybridized carbons (Fsp3) is 0.200. The van der Waals surface area contributed by atoms with E-state index in [-0.39, 0.29) is 11.7 Å². The summed E-state index contributed by atoms with van der Waals surface area (Å²) in [4.78, 5) is 0. The number of halogens is 2. The van der Waals surface area contributed by atoms with Crippen molar-refractivity contribution in [3.8, 4) is 11.5 Å². The number of anilines is 1. The van der Waals surface area contributed by atoms with Crippen LogP contribution >= 0.6 is 11.6 Å². The Labute approximate surface area is 122 Å². The third-order valence-electron chi connectivity index (χ3n) is 2.60. The van der Waals surface area contributed by atoms with E-state index in [0.29, 0.717) is 18.0 Å². The third-order valence-corrected chi connectivity index (χ3v) is 2.96. The first kappa shape index (κ1) is 14.6. The second-order valence-corrected chi connectivity index (χ2v) is 4.58. The van der Waals surface area contributed by atoms with Gasteiger partial charge in [0.25, 0.3) is 0 Å². The highest BCUT2D eigenvalue weighted by molar-refractivity contribution is 6.18. The lowest BCUT2D eigenvalue weighted by Crippen LogP contribution is -2.20. The fourth-order valence-corrected chi connectivity index (χ4v) is 1.71. The van der Waals surface area contributed by atoms with Crippen LogP contribution in [0, 0.1) is 5.82 Å². The molecule has 1 atom stereocenters. The summed E-state index contributed by atoms with van der Waals surface area (Å²) in [6.45, 7) is 0.365. The maximum absolute atomic E-state index is 12.8. The van der Waals surface area contributed by atoms with Gasteiger partial charge in [-0.2, -0.15) is 0 Å². The zero-order valence-corrected chi connectivity index (χ0v) is 11.5. The summed E-state index contributed by atoms with van der Waals surface area (Å²) < 4.78 is 18.4. The average molecular weight is 296 g/mol. The van der Waals surface area contributed by atoms with Gasteiger partial charge >= 0.3 is 0 Å². The van der Waals surface area contributed by atoms with E-state index in [1.807, 2.05) is 12.1 Å². The van der Waals surface area contributed by atoms with Crippen LogP contribution in [0.1, 0.15) is 0 Å². The van der Waals surface area contributed by atoms with Crippen molar-refractivity contribution in [1.29, 1.82) is 0 Å². The summed E-state index contributed by atoms with van der Waals surface area (Å²) in [5.41, 5.74) is 0.814. The van der Waals surface area contributed by atoms with Gasteiger partial charge in [-0.25, -0.2) is 4.39 Å². The molecule has 0 radical (unpaired) electrons. The second kappa shape index (κ2) is 7.12. The minimum atomic E-state index is -0.599. The molecule has 3 nitrogen and oxygen atoms in total. The molecule has 0 aliphatic rings. The molecular weight excluding hydrogens is 281 g/mol. The van der Waals surface area contributed by atoms with Gasteiger partial charge in [-0.1, -0.05) is 6.07 Å². The van der Waals surface area contributed by atoms with Gasteiger partial charge in [-0.05, 0) is 36.4 Å². The number of aliphatic hydroxyl groups is 1. The van der Waals surface area contributed by atoms with Crippen LogP contribution in [0.15, 0.2) is 48.5 Å². The Morgan fingerprint density at radius 3 is 2.60 bits per heavy atom. The van der Waals surface area contributed by atoms with Gasteiger partial charge in [-0.3, -0.25) is 0 Å². The second-order valence-electron chi connectivity index (χ2n) is 4.27. The number of alkyl halides is 1. The Balaban J connectivity index is 2.00. The minimum Gasteiger partial charge on any atom is -0.457 e. The Kier molecular flexibility index (Phi) is 5.21. The average Bonchev–Trinajstić information content (AvgIpc) is 2.47. The van der Waals surface area contributed by atoms with Gasteiger partial charge in [0, 0.05) is 18.3 Å². The lowest BCUT2D eigenvalue weighted by Gasteiger charge is -2.11. The van der Waals surface area contributed by atoms with Crippen molar-refractivity contribution in [3.63, 3.8) is 0 Å². The first-order chi connectivity index (χ1) is 9.67. The molecule has 0 saturated carbocycles. The molecule has 0 aliphatic heterocycles. The fourth-order valence-electron chi connectivity index (χ4n) is 1.60. The monoisotopic (exact) mass is 295 g/mol. The van der Waals surface area contributed by atoms with Gasteiger partial charge in [0.15, 0.2) is 0 Å². The molecule has 5 heteroatoms. The number of nitrogens with one attached hydrogen (secondary N) is 1. The summed E-state index contributed by atoms with van der Waals surface area (Å²) in [5, 5.41) is 12.4. The van der Waals surface area contributed by atoms with Crippen molar-refractivity contribution < 1.29 is 14.2 Å². The Hall–Kier alpha value is -1.78. The molecule has 1 unspecified atom stereocenters. The normalized spacial score (nSPS) is 11.9. The topological polar surface area (TPSA) is 41.5 Å². The molecule has 0 bridgehead atoms. The van der Waals surface area contributed by atoms with Crippen molar-refractivity contribution in [2.24, 2.45) is 0 Å². The van der Waals surface area contributed by atoms with E-state index < -0.39 is 6.10 Å². The number of hydrogen-bond acceptors (Lipinski definition) is 3. The molecule has 0 fully saturated rings. The molecule has 20 heavy (non-hydrogen) atoms. The van der Waals surface area contributed by atoms with Crippen molar-refractivity contribution in [2.45, 2.75) is 6.10 Å². The first-order valence-electron chi connectivity index (χ1n) is 6.19. The maximum atomic E-state index is 12.8. The van der Waals surface area contributed by atoms with E-state index in [2.05, 4.69) is 5.32 Å². The Morgan fingerprint density at radius 1 is 1.15 bits per heavy atom. The van der Waals surface area contributed by atoms with Crippen LogP contribution in [-0.2, 0) is 0 Å². The summed E-state index contributed by atoms with van der Waals surface area (Å²) in [7, 11) is 0. The quantitative estimate of drug-likeness (QED) is 0.800. The highest BCUT2D eigenvalue weighted by atomic mass is 35.5. The van der Waals surface area contributed by atoms with E-state index in [4.69, 9.17) is 16.3 Å². The predicted molar refractivity (Wildman–Crippen MR) is 78.1 cm³/mol. The van der Waals surface area contributed by atoms with Crippen LogP contribution < -0.4 is 10.1 Å². The minimum absolute atomic E-state index is 0.179. The third kappa shape index (κ3) is 4.40. The van der Waals surface area contributed by atoms with E-state index in [0.717, 1.165) is 5.69 Å². The van der Waals surface area contributed by atoms with Crippen LogP contribution in [0.5, 0.6) is 11.5 Å². The van der Waals surface area contributed by atoms with Gasteiger partial charge in [-0.15, -0.1) is 11.6 Å². The number of aliphatic hydroxyl groups excluding tert-OH is 1. The molecule has 2 rings (SSSR count). The summed E-state index contributed by atoms with van der Waals surface area (Å²) >= 11 is 5.52. The lowest BCUT2D eigenvalue weighted by atomic mass is 10.3. The maximum Gasteiger partial charge on any atom is 0.129 e. The number of benzene rings is 2. The largest absolute Gasteiger partial charge is 0.457 e.